The van der Waals surface area contributed by atoms with Crippen molar-refractivity contribution >= 4 is 29.4 Å². The van der Waals surface area contributed by atoms with Crippen molar-refractivity contribution in [3.05, 3.63) is 59.2 Å². The molecule has 0 aromatic heterocycles. The molecule has 0 saturated heterocycles. The van der Waals surface area contributed by atoms with Crippen molar-refractivity contribution in [3.63, 3.8) is 0 Å². The van der Waals surface area contributed by atoms with Crippen LogP contribution in [0, 0.1) is 0 Å². The molecule has 2 aliphatic heterocycles. The second kappa shape index (κ2) is 6.56. The van der Waals surface area contributed by atoms with E-state index in [1.165, 1.54) is 12.1 Å². The lowest BCUT2D eigenvalue weighted by molar-refractivity contribution is -0.168. The molecule has 8 heteroatoms. The van der Waals surface area contributed by atoms with Gasteiger partial charge in [-0.25, -0.2) is 4.79 Å². The predicted molar refractivity (Wildman–Crippen MR) is 91.9 cm³/mol. The zero-order valence-electron chi connectivity index (χ0n) is 14.1. The highest BCUT2D eigenvalue weighted by atomic mass is 16.7. The molecular weight excluding hydrogens is 352 g/mol. The van der Waals surface area contributed by atoms with Gasteiger partial charge in [0.1, 0.15) is 5.75 Å². The van der Waals surface area contributed by atoms with Gasteiger partial charge < -0.3 is 14.9 Å². The molecule has 0 unspecified atom stereocenters. The maximum Gasteiger partial charge on any atom is 0.333 e. The molecule has 2 aliphatic rings. The molecule has 2 aromatic rings. The normalized spacial score (nSPS) is 15.0. The molecule has 136 valence electrons. The average Bonchev–Trinajstić information content (AvgIpc) is 2.91. The Balaban J connectivity index is 1.38. The number of carbonyl (C=O) groups is 4. The molecule has 2 heterocycles. The van der Waals surface area contributed by atoms with E-state index >= 15 is 0 Å². The molecule has 0 spiro atoms. The van der Waals surface area contributed by atoms with E-state index in [1.54, 1.807) is 30.3 Å². The fourth-order valence-corrected chi connectivity index (χ4v) is 2.93. The SMILES string of the molecule is O=C1COc2ccc(CCC(=O)ON3C(=O)c4ccccc4C3=O)cc2N1. The van der Waals surface area contributed by atoms with Crippen LogP contribution in [0.25, 0.3) is 0 Å². The minimum atomic E-state index is -0.706. The number of hydroxylamine groups is 2. The van der Waals surface area contributed by atoms with E-state index in [9.17, 15) is 19.2 Å². The lowest BCUT2D eigenvalue weighted by atomic mass is 10.1. The first-order valence-corrected chi connectivity index (χ1v) is 8.27. The van der Waals surface area contributed by atoms with Crippen molar-refractivity contribution in [1.82, 2.24) is 5.06 Å². The second-order valence-electron chi connectivity index (χ2n) is 6.08. The lowest BCUT2D eigenvalue weighted by Gasteiger charge is -2.18. The van der Waals surface area contributed by atoms with E-state index in [0.717, 1.165) is 5.56 Å². The summed E-state index contributed by atoms with van der Waals surface area (Å²) < 4.78 is 5.27. The van der Waals surface area contributed by atoms with Crippen molar-refractivity contribution in [1.29, 1.82) is 0 Å². The number of ether oxygens (including phenoxy) is 1. The molecule has 0 radical (unpaired) electrons. The summed E-state index contributed by atoms with van der Waals surface area (Å²) in [5.41, 5.74) is 1.73. The summed E-state index contributed by atoms with van der Waals surface area (Å²) in [4.78, 5) is 52.8. The van der Waals surface area contributed by atoms with Crippen LogP contribution in [-0.4, -0.2) is 35.4 Å². The van der Waals surface area contributed by atoms with Gasteiger partial charge in [0.05, 0.1) is 23.2 Å². The summed E-state index contributed by atoms with van der Waals surface area (Å²) in [6, 6.07) is 11.5. The minimum Gasteiger partial charge on any atom is -0.482 e. The molecule has 3 amide bonds. The van der Waals surface area contributed by atoms with Crippen LogP contribution in [0.2, 0.25) is 0 Å². The summed E-state index contributed by atoms with van der Waals surface area (Å²) >= 11 is 0. The molecule has 0 aliphatic carbocycles. The molecule has 0 saturated carbocycles. The standard InChI is InChI=1S/C19H14N2O6/c22-16-10-26-15-7-5-11(9-14(15)20-16)6-8-17(23)27-21-18(24)12-3-1-2-4-13(12)19(21)25/h1-5,7,9H,6,8,10H2,(H,20,22). The van der Waals surface area contributed by atoms with E-state index in [2.05, 4.69) is 5.32 Å². The fraction of sp³-hybridized carbons (Fsp3) is 0.158. The Morgan fingerprint density at radius 2 is 1.78 bits per heavy atom. The molecule has 1 N–H and O–H groups in total. The molecule has 8 nitrogen and oxygen atoms in total. The zero-order chi connectivity index (χ0) is 19.0. The summed E-state index contributed by atoms with van der Waals surface area (Å²) in [6.07, 6.45) is 0.270. The van der Waals surface area contributed by atoms with Crippen LogP contribution >= 0.6 is 0 Å². The number of benzene rings is 2. The van der Waals surface area contributed by atoms with Gasteiger partial charge in [-0.05, 0) is 36.2 Å². The maximum absolute atomic E-state index is 12.2. The van der Waals surface area contributed by atoms with Crippen LogP contribution < -0.4 is 10.1 Å². The lowest BCUT2D eigenvalue weighted by Crippen LogP contribution is -2.32. The second-order valence-corrected chi connectivity index (χ2v) is 6.08. The van der Waals surface area contributed by atoms with E-state index in [-0.39, 0.29) is 30.1 Å². The third-order valence-electron chi connectivity index (χ3n) is 4.24. The van der Waals surface area contributed by atoms with Gasteiger partial charge in [0, 0.05) is 0 Å². The Kier molecular flexibility index (Phi) is 4.08. The van der Waals surface area contributed by atoms with E-state index in [4.69, 9.17) is 9.57 Å². The Morgan fingerprint density at radius 1 is 1.07 bits per heavy atom. The summed E-state index contributed by atoms with van der Waals surface area (Å²) in [5.74, 6) is -1.70. The molecule has 0 fully saturated rings. The van der Waals surface area contributed by atoms with Gasteiger partial charge in [0.2, 0.25) is 0 Å². The highest BCUT2D eigenvalue weighted by Crippen LogP contribution is 2.29. The smallest absolute Gasteiger partial charge is 0.333 e. The third kappa shape index (κ3) is 3.12. The van der Waals surface area contributed by atoms with E-state index in [0.29, 0.717) is 22.9 Å². The van der Waals surface area contributed by atoms with Crippen molar-refractivity contribution in [2.24, 2.45) is 0 Å². The summed E-state index contributed by atoms with van der Waals surface area (Å²) in [5, 5.41) is 3.18. The highest BCUT2D eigenvalue weighted by molar-refractivity contribution is 6.20. The topological polar surface area (TPSA) is 102 Å². The quantitative estimate of drug-likeness (QED) is 0.827. The Bertz CT molecular complexity index is 949. The monoisotopic (exact) mass is 366 g/mol. The van der Waals surface area contributed by atoms with Crippen molar-refractivity contribution in [2.75, 3.05) is 11.9 Å². The van der Waals surface area contributed by atoms with Crippen LogP contribution in [-0.2, 0) is 20.8 Å². The number of hydrogen-bond donors (Lipinski definition) is 1. The van der Waals surface area contributed by atoms with Crippen molar-refractivity contribution in [2.45, 2.75) is 12.8 Å². The zero-order valence-corrected chi connectivity index (χ0v) is 14.1. The summed E-state index contributed by atoms with van der Waals surface area (Å²) in [6.45, 7) is -0.0288. The molecule has 2 aromatic carbocycles. The Hall–Kier alpha value is -3.68. The maximum atomic E-state index is 12.2. The van der Waals surface area contributed by atoms with Crippen LogP contribution in [0.4, 0.5) is 5.69 Å². The van der Waals surface area contributed by atoms with Crippen LogP contribution in [0.5, 0.6) is 5.75 Å². The van der Waals surface area contributed by atoms with Gasteiger partial charge in [-0.2, -0.15) is 0 Å². The molecular formula is C19H14N2O6. The van der Waals surface area contributed by atoms with Gasteiger partial charge in [-0.3, -0.25) is 14.4 Å². The van der Waals surface area contributed by atoms with Crippen LogP contribution in [0.3, 0.4) is 0 Å². The highest BCUT2D eigenvalue weighted by Gasteiger charge is 2.38. The number of carbonyl (C=O) groups excluding carboxylic acids is 4. The number of amides is 3. The molecule has 0 atom stereocenters. The molecule has 4 rings (SSSR count). The Morgan fingerprint density at radius 3 is 2.48 bits per heavy atom. The first kappa shape index (κ1) is 16.8. The number of nitrogens with zero attached hydrogens (tertiary/aromatic N) is 1. The number of nitrogens with one attached hydrogen (secondary N) is 1. The van der Waals surface area contributed by atoms with E-state index in [1.807, 2.05) is 0 Å². The molecule has 27 heavy (non-hydrogen) atoms. The van der Waals surface area contributed by atoms with Gasteiger partial charge in [-0.15, -0.1) is 0 Å². The largest absolute Gasteiger partial charge is 0.482 e. The minimum absolute atomic E-state index is 0.0288. The van der Waals surface area contributed by atoms with Gasteiger partial charge >= 0.3 is 5.97 Å². The number of imide groups is 1. The average molecular weight is 366 g/mol. The predicted octanol–water partition coefficient (Wildman–Crippen LogP) is 1.70. The number of hydrogen-bond acceptors (Lipinski definition) is 6. The van der Waals surface area contributed by atoms with Gasteiger partial charge in [0.25, 0.3) is 17.7 Å². The number of anilines is 1. The van der Waals surface area contributed by atoms with Gasteiger partial charge in [-0.1, -0.05) is 23.3 Å². The number of aryl methyl sites for hydroxylation is 1. The van der Waals surface area contributed by atoms with Crippen molar-refractivity contribution in [3.8, 4) is 5.75 Å². The first-order valence-electron chi connectivity index (χ1n) is 8.27. The first-order chi connectivity index (χ1) is 13.0. The van der Waals surface area contributed by atoms with E-state index < -0.39 is 17.8 Å². The van der Waals surface area contributed by atoms with Crippen LogP contribution in [0.1, 0.15) is 32.7 Å². The number of rotatable bonds is 4. The van der Waals surface area contributed by atoms with Crippen molar-refractivity contribution < 1.29 is 28.8 Å². The molecule has 0 bridgehead atoms. The third-order valence-corrected chi connectivity index (χ3v) is 4.24. The summed E-state index contributed by atoms with van der Waals surface area (Å²) in [7, 11) is 0. The van der Waals surface area contributed by atoms with Crippen LogP contribution in [0.15, 0.2) is 42.5 Å². The fourth-order valence-electron chi connectivity index (χ4n) is 2.93. The van der Waals surface area contributed by atoms with Gasteiger partial charge in [0.15, 0.2) is 6.61 Å². The Labute approximate surface area is 153 Å². The number of fused-ring (bicyclic) bond motifs is 2.